The number of hydrogen-bond acceptors (Lipinski definition) is 1. The molecule has 0 N–H and O–H groups in total. The SMILES string of the molecule is Cc1cccc2c3ccc4c5ccc6ccccc6c5oc4c3c3ccc[n+](C)c3c12. The van der Waals surface area contributed by atoms with Gasteiger partial charge in [0.05, 0.1) is 10.8 Å². The lowest BCUT2D eigenvalue weighted by atomic mass is 9.93. The summed E-state index contributed by atoms with van der Waals surface area (Å²) in [4.78, 5) is 0. The van der Waals surface area contributed by atoms with E-state index >= 15 is 0 Å². The standard InChI is InChI=1S/C29H20NO/c1-17-7-5-10-20-21-14-15-23-22-13-12-18-8-3-4-9-19(18)28(22)31-29(23)26(21)24-11-6-16-30(2)27(24)25(17)20/h3-16H,1-2H3/q+1. The van der Waals surface area contributed by atoms with Gasteiger partial charge in [0.1, 0.15) is 18.2 Å². The number of rotatable bonds is 0. The zero-order valence-corrected chi connectivity index (χ0v) is 17.4. The number of pyridine rings is 1. The smallest absolute Gasteiger partial charge is 0.221 e. The third kappa shape index (κ3) is 2.09. The van der Waals surface area contributed by atoms with E-state index in [1.807, 2.05) is 0 Å². The summed E-state index contributed by atoms with van der Waals surface area (Å²) in [6.07, 6.45) is 2.13. The van der Waals surface area contributed by atoms with Crippen LogP contribution >= 0.6 is 0 Å². The number of benzene rings is 5. The highest BCUT2D eigenvalue weighted by molar-refractivity contribution is 6.32. The van der Waals surface area contributed by atoms with Crippen molar-refractivity contribution in [2.45, 2.75) is 6.92 Å². The molecule has 0 aliphatic carbocycles. The predicted octanol–water partition coefficient (Wildman–Crippen LogP) is 7.33. The molecule has 0 aliphatic heterocycles. The van der Waals surface area contributed by atoms with E-state index in [1.165, 1.54) is 54.2 Å². The highest BCUT2D eigenvalue weighted by atomic mass is 16.3. The van der Waals surface area contributed by atoms with E-state index in [0.717, 1.165) is 16.6 Å². The minimum Gasteiger partial charge on any atom is -0.455 e. The van der Waals surface area contributed by atoms with Gasteiger partial charge < -0.3 is 4.42 Å². The third-order valence-corrected chi connectivity index (χ3v) is 6.78. The Balaban J connectivity index is 1.83. The fourth-order valence-electron chi connectivity index (χ4n) is 5.39. The van der Waals surface area contributed by atoms with Crippen LogP contribution in [0.1, 0.15) is 5.56 Å². The quantitative estimate of drug-likeness (QED) is 0.193. The molecule has 31 heavy (non-hydrogen) atoms. The summed E-state index contributed by atoms with van der Waals surface area (Å²) >= 11 is 0. The molecule has 0 unspecified atom stereocenters. The largest absolute Gasteiger partial charge is 0.455 e. The highest BCUT2D eigenvalue weighted by Gasteiger charge is 2.21. The molecule has 5 aromatic carbocycles. The average Bonchev–Trinajstić information content (AvgIpc) is 3.18. The van der Waals surface area contributed by atoms with Gasteiger partial charge in [-0.2, -0.15) is 0 Å². The summed E-state index contributed by atoms with van der Waals surface area (Å²) in [6.45, 7) is 2.20. The number of fused-ring (bicyclic) bond motifs is 12. The molecule has 146 valence electrons. The minimum atomic E-state index is 0.971. The molecule has 0 radical (unpaired) electrons. The molecule has 2 nitrogen and oxygen atoms in total. The Hall–Kier alpha value is -3.91. The summed E-state index contributed by atoms with van der Waals surface area (Å²) in [5.41, 5.74) is 4.49. The molecular weight excluding hydrogens is 378 g/mol. The van der Waals surface area contributed by atoms with Gasteiger partial charge in [-0.15, -0.1) is 0 Å². The molecule has 0 bridgehead atoms. The molecule has 2 heterocycles. The molecule has 2 aromatic heterocycles. The van der Waals surface area contributed by atoms with Gasteiger partial charge >= 0.3 is 0 Å². The van der Waals surface area contributed by atoms with Crippen molar-refractivity contribution in [3.8, 4) is 0 Å². The first-order valence-electron chi connectivity index (χ1n) is 10.7. The van der Waals surface area contributed by atoms with Crippen LogP contribution in [0.5, 0.6) is 0 Å². The van der Waals surface area contributed by atoms with E-state index in [4.69, 9.17) is 4.42 Å². The van der Waals surface area contributed by atoms with E-state index in [0.29, 0.717) is 0 Å². The van der Waals surface area contributed by atoms with Gasteiger partial charge in [0, 0.05) is 27.6 Å². The fraction of sp³-hybridized carbons (Fsp3) is 0.0690. The second-order valence-electron chi connectivity index (χ2n) is 8.51. The highest BCUT2D eigenvalue weighted by Crippen LogP contribution is 2.42. The van der Waals surface area contributed by atoms with Crippen molar-refractivity contribution in [3.63, 3.8) is 0 Å². The summed E-state index contributed by atoms with van der Waals surface area (Å²) < 4.78 is 8.93. The van der Waals surface area contributed by atoms with Gasteiger partial charge in [-0.1, -0.05) is 54.6 Å². The van der Waals surface area contributed by atoms with Crippen LogP contribution in [0.4, 0.5) is 0 Å². The maximum absolute atomic E-state index is 6.70. The van der Waals surface area contributed by atoms with Gasteiger partial charge in [-0.3, -0.25) is 0 Å². The van der Waals surface area contributed by atoms with Crippen LogP contribution in [0, 0.1) is 6.92 Å². The van der Waals surface area contributed by atoms with Gasteiger partial charge in [0.25, 0.3) is 0 Å². The molecule has 2 heteroatoms. The van der Waals surface area contributed by atoms with Crippen LogP contribution in [-0.4, -0.2) is 0 Å². The first-order chi connectivity index (χ1) is 15.2. The molecule has 7 aromatic rings. The Morgan fingerprint density at radius 2 is 1.29 bits per heavy atom. The lowest BCUT2D eigenvalue weighted by Gasteiger charge is -2.10. The van der Waals surface area contributed by atoms with Crippen molar-refractivity contribution in [1.29, 1.82) is 0 Å². The van der Waals surface area contributed by atoms with Gasteiger partial charge in [0.15, 0.2) is 6.20 Å². The number of nitrogens with zero attached hydrogens (tertiary/aromatic N) is 1. The monoisotopic (exact) mass is 398 g/mol. The Kier molecular flexibility index (Phi) is 3.17. The lowest BCUT2D eigenvalue weighted by Crippen LogP contribution is -2.28. The lowest BCUT2D eigenvalue weighted by molar-refractivity contribution is -0.644. The molecule has 0 spiro atoms. The van der Waals surface area contributed by atoms with Crippen LogP contribution in [0.2, 0.25) is 0 Å². The summed E-state index contributed by atoms with van der Waals surface area (Å²) in [6, 6.07) is 28.3. The Morgan fingerprint density at radius 1 is 0.581 bits per heavy atom. The van der Waals surface area contributed by atoms with E-state index in [9.17, 15) is 0 Å². The Labute approximate surface area is 178 Å². The molecule has 0 aliphatic rings. The first kappa shape index (κ1) is 16.8. The molecule has 0 fully saturated rings. The predicted molar refractivity (Wildman–Crippen MR) is 130 cm³/mol. The van der Waals surface area contributed by atoms with Gasteiger partial charge in [-0.05, 0) is 46.8 Å². The third-order valence-electron chi connectivity index (χ3n) is 6.78. The second-order valence-corrected chi connectivity index (χ2v) is 8.51. The van der Waals surface area contributed by atoms with Crippen LogP contribution < -0.4 is 4.57 Å². The van der Waals surface area contributed by atoms with Crippen LogP contribution in [-0.2, 0) is 7.05 Å². The zero-order chi connectivity index (χ0) is 20.7. The van der Waals surface area contributed by atoms with Crippen LogP contribution in [0.25, 0.3) is 65.2 Å². The molecule has 0 amide bonds. The molecule has 0 atom stereocenters. The van der Waals surface area contributed by atoms with E-state index in [-0.39, 0.29) is 0 Å². The normalized spacial score (nSPS) is 12.2. The van der Waals surface area contributed by atoms with Crippen molar-refractivity contribution >= 4 is 65.2 Å². The van der Waals surface area contributed by atoms with E-state index < -0.39 is 0 Å². The summed E-state index contributed by atoms with van der Waals surface area (Å²) in [7, 11) is 2.13. The zero-order valence-electron chi connectivity index (χ0n) is 17.4. The Bertz CT molecular complexity index is 1860. The number of furan rings is 1. The molecular formula is C29H20NO+. The summed E-state index contributed by atoms with van der Waals surface area (Å²) in [5, 5.41) is 11.0. The first-order valence-corrected chi connectivity index (χ1v) is 10.7. The molecule has 0 saturated carbocycles. The van der Waals surface area contributed by atoms with Crippen molar-refractivity contribution in [1.82, 2.24) is 0 Å². The fourth-order valence-corrected chi connectivity index (χ4v) is 5.39. The van der Waals surface area contributed by atoms with Crippen molar-refractivity contribution in [3.05, 3.63) is 90.6 Å². The van der Waals surface area contributed by atoms with Gasteiger partial charge in [0.2, 0.25) is 5.52 Å². The van der Waals surface area contributed by atoms with Crippen LogP contribution in [0.15, 0.2) is 89.5 Å². The number of hydrogen-bond donors (Lipinski definition) is 0. The van der Waals surface area contributed by atoms with Crippen molar-refractivity contribution < 1.29 is 8.98 Å². The average molecular weight is 398 g/mol. The number of aromatic nitrogens is 1. The topological polar surface area (TPSA) is 17.0 Å². The van der Waals surface area contributed by atoms with Crippen molar-refractivity contribution in [2.24, 2.45) is 7.05 Å². The van der Waals surface area contributed by atoms with Crippen LogP contribution in [0.3, 0.4) is 0 Å². The summed E-state index contributed by atoms with van der Waals surface area (Å²) in [5.74, 6) is 0. The maximum atomic E-state index is 6.70. The van der Waals surface area contributed by atoms with E-state index in [2.05, 4.69) is 104 Å². The molecule has 7 rings (SSSR count). The Morgan fingerprint density at radius 3 is 2.23 bits per heavy atom. The second kappa shape index (κ2) is 5.83. The number of aryl methyl sites for hydroxylation is 2. The van der Waals surface area contributed by atoms with Gasteiger partial charge in [-0.25, -0.2) is 4.57 Å². The molecule has 0 saturated heterocycles. The minimum absolute atomic E-state index is 0.971. The van der Waals surface area contributed by atoms with Crippen molar-refractivity contribution in [2.75, 3.05) is 0 Å². The van der Waals surface area contributed by atoms with E-state index in [1.54, 1.807) is 0 Å². The maximum Gasteiger partial charge on any atom is 0.221 e.